The smallest absolute Gasteiger partial charge is 0.410 e. The van der Waals surface area contributed by atoms with E-state index in [2.05, 4.69) is 11.4 Å². The van der Waals surface area contributed by atoms with Crippen molar-refractivity contribution in [3.05, 3.63) is 29.8 Å². The van der Waals surface area contributed by atoms with Gasteiger partial charge in [-0.25, -0.2) is 9.59 Å². The molecule has 1 unspecified atom stereocenters. The molecule has 2 heterocycles. The van der Waals surface area contributed by atoms with E-state index in [-0.39, 0.29) is 18.2 Å². The molecule has 1 fully saturated rings. The lowest BCUT2D eigenvalue weighted by atomic mass is 9.85. The molecule has 2 aliphatic heterocycles. The van der Waals surface area contributed by atoms with E-state index in [1.54, 1.807) is 4.90 Å². The fraction of sp³-hybridized carbons (Fsp3) is 0.619. The molecule has 0 aliphatic carbocycles. The number of hydrogen-bond donors (Lipinski definition) is 1. The van der Waals surface area contributed by atoms with Crippen LogP contribution in [0.25, 0.3) is 0 Å². The van der Waals surface area contributed by atoms with Crippen LogP contribution in [-0.2, 0) is 11.2 Å². The predicted octanol–water partition coefficient (Wildman–Crippen LogP) is 3.94. The average molecular weight is 373 g/mol. The van der Waals surface area contributed by atoms with Crippen molar-refractivity contribution in [2.24, 2.45) is 0 Å². The Kier molecular flexibility index (Phi) is 5.10. The highest BCUT2D eigenvalue weighted by Gasteiger charge is 2.50. The highest BCUT2D eigenvalue weighted by atomic mass is 16.6. The van der Waals surface area contributed by atoms with Gasteiger partial charge >= 0.3 is 12.1 Å². The Labute approximate surface area is 161 Å². The fourth-order valence-corrected chi connectivity index (χ4v) is 4.13. The molecule has 1 spiro atoms. The van der Waals surface area contributed by atoms with E-state index in [1.165, 1.54) is 0 Å². The van der Waals surface area contributed by atoms with Gasteiger partial charge in [0.15, 0.2) is 0 Å². The highest BCUT2D eigenvalue weighted by Crippen LogP contribution is 2.43. The Hall–Kier alpha value is -2.24. The van der Waals surface area contributed by atoms with Gasteiger partial charge in [-0.3, -0.25) is 4.90 Å². The molecule has 3 rings (SSSR count). The first kappa shape index (κ1) is 19.5. The zero-order valence-corrected chi connectivity index (χ0v) is 17.0. The molecule has 1 N–H and O–H groups in total. The lowest BCUT2D eigenvalue weighted by Crippen LogP contribution is -2.63. The Morgan fingerprint density at radius 1 is 1.22 bits per heavy atom. The van der Waals surface area contributed by atoms with Gasteiger partial charge in [-0.2, -0.15) is 0 Å². The number of carbonyl (C=O) groups excluding carboxylic acids is 2. The lowest BCUT2D eigenvalue weighted by Gasteiger charge is -2.46. The minimum atomic E-state index is -0.533. The Morgan fingerprint density at radius 2 is 1.93 bits per heavy atom. The summed E-state index contributed by atoms with van der Waals surface area (Å²) in [6, 6.07) is 7.99. The third kappa shape index (κ3) is 4.04. The van der Waals surface area contributed by atoms with E-state index in [4.69, 9.17) is 4.74 Å². The molecule has 3 amide bonds. The summed E-state index contributed by atoms with van der Waals surface area (Å²) < 4.78 is 5.59. The van der Waals surface area contributed by atoms with E-state index in [0.29, 0.717) is 13.1 Å². The molecule has 27 heavy (non-hydrogen) atoms. The van der Waals surface area contributed by atoms with Crippen molar-refractivity contribution in [3.8, 4) is 0 Å². The maximum atomic E-state index is 13.1. The van der Waals surface area contributed by atoms with E-state index < -0.39 is 11.1 Å². The molecular weight excluding hydrogens is 342 g/mol. The van der Waals surface area contributed by atoms with E-state index >= 15 is 0 Å². The van der Waals surface area contributed by atoms with E-state index in [0.717, 1.165) is 30.5 Å². The first-order valence-corrected chi connectivity index (χ1v) is 9.78. The largest absolute Gasteiger partial charge is 0.444 e. The van der Waals surface area contributed by atoms with Crippen LogP contribution in [0.2, 0.25) is 0 Å². The highest BCUT2D eigenvalue weighted by molar-refractivity contribution is 5.96. The third-order valence-electron chi connectivity index (χ3n) is 5.05. The number of carbonyl (C=O) groups is 2. The average Bonchev–Trinajstić information content (AvgIpc) is 2.85. The maximum Gasteiger partial charge on any atom is 0.410 e. The number of piperidine rings is 1. The molecule has 0 aromatic heterocycles. The van der Waals surface area contributed by atoms with Crippen LogP contribution in [0.3, 0.4) is 0 Å². The molecular formula is C21H31N3O3. The summed E-state index contributed by atoms with van der Waals surface area (Å²) in [6.07, 6.45) is 2.17. The van der Waals surface area contributed by atoms with E-state index in [9.17, 15) is 9.59 Å². The number of likely N-dealkylation sites (tertiary alicyclic amines) is 1. The first-order chi connectivity index (χ1) is 12.6. The normalized spacial score (nSPS) is 22.1. The second-order valence-corrected chi connectivity index (χ2v) is 8.97. The number of rotatable bonds is 1. The van der Waals surface area contributed by atoms with Gasteiger partial charge < -0.3 is 15.0 Å². The van der Waals surface area contributed by atoms with Crippen LogP contribution in [0.4, 0.5) is 15.3 Å². The van der Waals surface area contributed by atoms with Crippen molar-refractivity contribution in [2.45, 2.75) is 71.1 Å². The van der Waals surface area contributed by atoms with Gasteiger partial charge in [0, 0.05) is 24.8 Å². The van der Waals surface area contributed by atoms with Gasteiger partial charge in [-0.1, -0.05) is 18.2 Å². The van der Waals surface area contributed by atoms with Gasteiger partial charge in [0.05, 0.1) is 5.54 Å². The van der Waals surface area contributed by atoms with Crippen LogP contribution in [0, 0.1) is 0 Å². The second kappa shape index (κ2) is 7.06. The number of anilines is 1. The fourth-order valence-electron chi connectivity index (χ4n) is 4.13. The van der Waals surface area contributed by atoms with Gasteiger partial charge in [0.25, 0.3) is 0 Å². The summed E-state index contributed by atoms with van der Waals surface area (Å²) in [4.78, 5) is 29.4. The Bertz CT molecular complexity index is 726. The van der Waals surface area contributed by atoms with Crippen molar-refractivity contribution in [1.29, 1.82) is 0 Å². The van der Waals surface area contributed by atoms with Crippen LogP contribution in [0.5, 0.6) is 0 Å². The molecule has 1 saturated heterocycles. The Morgan fingerprint density at radius 3 is 2.59 bits per heavy atom. The number of hydrogen-bond acceptors (Lipinski definition) is 3. The summed E-state index contributed by atoms with van der Waals surface area (Å²) in [5.74, 6) is 0. The van der Waals surface area contributed by atoms with Gasteiger partial charge in [0.1, 0.15) is 5.60 Å². The first-order valence-electron chi connectivity index (χ1n) is 9.78. The predicted molar refractivity (Wildman–Crippen MR) is 106 cm³/mol. The number of ether oxygens (including phenoxy) is 1. The van der Waals surface area contributed by atoms with Crippen molar-refractivity contribution in [3.63, 3.8) is 0 Å². The quantitative estimate of drug-likeness (QED) is 0.811. The summed E-state index contributed by atoms with van der Waals surface area (Å²) in [7, 11) is 0. The number of fused-ring (bicyclic) bond motifs is 1. The minimum absolute atomic E-state index is 0.0489. The summed E-state index contributed by atoms with van der Waals surface area (Å²) in [5.41, 5.74) is 1.15. The summed E-state index contributed by atoms with van der Waals surface area (Å²) >= 11 is 0. The molecule has 0 saturated carbocycles. The molecule has 6 heteroatoms. The molecule has 0 bridgehead atoms. The number of nitrogens with one attached hydrogen (secondary N) is 1. The number of urea groups is 1. The summed E-state index contributed by atoms with van der Waals surface area (Å²) in [6.45, 7) is 10.7. The Balaban J connectivity index is 1.90. The molecule has 2 aliphatic rings. The topological polar surface area (TPSA) is 61.9 Å². The lowest BCUT2D eigenvalue weighted by molar-refractivity contribution is 0.0143. The molecule has 6 nitrogen and oxygen atoms in total. The van der Waals surface area contributed by atoms with Crippen LogP contribution in [-0.4, -0.2) is 47.3 Å². The van der Waals surface area contributed by atoms with Crippen molar-refractivity contribution in [1.82, 2.24) is 10.2 Å². The van der Waals surface area contributed by atoms with Crippen LogP contribution < -0.4 is 10.2 Å². The second-order valence-electron chi connectivity index (χ2n) is 8.97. The maximum absolute atomic E-state index is 13.1. The van der Waals surface area contributed by atoms with E-state index in [1.807, 2.05) is 57.7 Å². The van der Waals surface area contributed by atoms with Gasteiger partial charge in [-0.05, 0) is 65.5 Å². The monoisotopic (exact) mass is 373 g/mol. The van der Waals surface area contributed by atoms with Crippen molar-refractivity contribution >= 4 is 17.8 Å². The SMILES string of the molecule is CC(C)NC(=O)N1c2ccccc2CC12CCCN(C(=O)OC(C)(C)C)C2. The molecule has 1 aromatic carbocycles. The van der Waals surface area contributed by atoms with Crippen LogP contribution in [0.15, 0.2) is 24.3 Å². The standard InChI is InChI=1S/C21H31N3O3/c1-15(2)22-18(25)24-17-10-7-6-9-16(17)13-21(24)11-8-12-23(14-21)19(26)27-20(3,4)5/h6-7,9-10,15H,8,11-14H2,1-5H3,(H,22,25). The molecule has 1 aromatic rings. The zero-order chi connectivity index (χ0) is 19.8. The number of benzene rings is 1. The molecule has 1 atom stereocenters. The number of amides is 3. The van der Waals surface area contributed by atoms with Crippen LogP contribution >= 0.6 is 0 Å². The van der Waals surface area contributed by atoms with Crippen molar-refractivity contribution < 1.29 is 14.3 Å². The van der Waals surface area contributed by atoms with Gasteiger partial charge in [0.2, 0.25) is 0 Å². The van der Waals surface area contributed by atoms with Gasteiger partial charge in [-0.15, -0.1) is 0 Å². The molecule has 148 valence electrons. The van der Waals surface area contributed by atoms with Crippen LogP contribution in [0.1, 0.15) is 53.0 Å². The summed E-state index contributed by atoms with van der Waals surface area (Å²) in [5, 5.41) is 3.03. The minimum Gasteiger partial charge on any atom is -0.444 e. The molecule has 0 radical (unpaired) electrons. The third-order valence-corrected chi connectivity index (χ3v) is 5.05. The van der Waals surface area contributed by atoms with Crippen molar-refractivity contribution in [2.75, 3.05) is 18.0 Å². The number of para-hydroxylation sites is 1. The number of nitrogens with zero attached hydrogens (tertiary/aromatic N) is 2. The zero-order valence-electron chi connectivity index (χ0n) is 17.0.